The molecule has 63 heavy (non-hydrogen) atoms. The van der Waals surface area contributed by atoms with Crippen LogP contribution in [0.4, 0.5) is 34.1 Å². The number of fused-ring (bicyclic) bond motifs is 3. The summed E-state index contributed by atoms with van der Waals surface area (Å²) < 4.78 is 0. The van der Waals surface area contributed by atoms with E-state index >= 15 is 0 Å². The molecule has 4 fully saturated rings. The molecule has 0 N–H and O–H groups in total. The third-order valence-electron chi connectivity index (χ3n) is 15.8. The van der Waals surface area contributed by atoms with E-state index in [0.29, 0.717) is 0 Å². The highest BCUT2D eigenvalue weighted by atomic mass is 15.2. The van der Waals surface area contributed by atoms with Gasteiger partial charge in [-0.25, -0.2) is 0 Å². The van der Waals surface area contributed by atoms with Gasteiger partial charge in [-0.2, -0.15) is 0 Å². The van der Waals surface area contributed by atoms with Crippen molar-refractivity contribution in [3.63, 3.8) is 0 Å². The maximum Gasteiger partial charge on any atom is 0.0465 e. The molecule has 0 amide bonds. The van der Waals surface area contributed by atoms with Gasteiger partial charge in [0.1, 0.15) is 0 Å². The number of anilines is 6. The molecular weight excluding hydrogens is 761 g/mol. The molecule has 5 aliphatic carbocycles. The lowest BCUT2D eigenvalue weighted by molar-refractivity contribution is -0.0281. The fraction of sp³-hybridized carbons (Fsp3) is 0.279. The molecule has 7 aromatic rings. The Balaban J connectivity index is 0.948. The van der Waals surface area contributed by atoms with E-state index in [1.807, 2.05) is 6.08 Å². The fourth-order valence-corrected chi connectivity index (χ4v) is 13.1. The molecule has 2 nitrogen and oxygen atoms in total. The highest BCUT2D eigenvalue weighted by Gasteiger charge is 2.58. The van der Waals surface area contributed by atoms with E-state index in [-0.39, 0.29) is 16.2 Å². The van der Waals surface area contributed by atoms with Crippen LogP contribution in [0.15, 0.2) is 176 Å². The first-order chi connectivity index (χ1) is 30.8. The number of rotatable bonds is 12. The topological polar surface area (TPSA) is 6.48 Å². The summed E-state index contributed by atoms with van der Waals surface area (Å²) in [5.41, 5.74) is 18.6. The van der Waals surface area contributed by atoms with Crippen molar-refractivity contribution in [3.8, 4) is 11.1 Å². The van der Waals surface area contributed by atoms with E-state index in [4.69, 9.17) is 0 Å². The lowest BCUT2D eigenvalue weighted by Crippen LogP contribution is -2.55. The number of para-hydroxylation sites is 1. The van der Waals surface area contributed by atoms with Crippen LogP contribution < -0.4 is 9.80 Å². The monoisotopic (exact) mass is 820 g/mol. The molecule has 5 aliphatic rings. The summed E-state index contributed by atoms with van der Waals surface area (Å²) in [6, 6.07) is 64.6. The average Bonchev–Trinajstić information content (AvgIpc) is 3.54. The molecule has 0 spiro atoms. The summed E-state index contributed by atoms with van der Waals surface area (Å²) in [5, 5.41) is 0. The van der Waals surface area contributed by atoms with Gasteiger partial charge in [0.2, 0.25) is 0 Å². The number of hydrogen-bond donors (Lipinski definition) is 0. The Hall–Kier alpha value is -6.12. The van der Waals surface area contributed by atoms with Gasteiger partial charge in [0.15, 0.2) is 0 Å². The normalized spacial score (nSPS) is 22.3. The van der Waals surface area contributed by atoms with Gasteiger partial charge >= 0.3 is 0 Å². The molecule has 0 radical (unpaired) electrons. The standard InChI is InChI=1S/C61H60N2/c1-5-7-13-44-20-26-50(27-21-44)62(51-28-24-48(25-29-51)61-40-45-36-46(41-61)39-60(38-45,42-61)47-22-18-43(6-2)19-23-47)52-30-32-53(33-31-52)63(49-14-9-8-10-15-49)54-34-35-56-55-16-11-12-17-57(55)59(3,4)58(56)37-54/h6,8-12,14-35,37,45-46H,2,5,7,13,36,38-42H2,1,3-4H3. The summed E-state index contributed by atoms with van der Waals surface area (Å²) in [6.07, 6.45) is 13.5. The maximum absolute atomic E-state index is 4.02. The minimum absolute atomic E-state index is 0.0782. The number of nitrogens with zero attached hydrogens (tertiary/aromatic N) is 2. The van der Waals surface area contributed by atoms with Gasteiger partial charge < -0.3 is 9.80 Å². The first-order valence-corrected chi connectivity index (χ1v) is 23.7. The molecule has 2 atom stereocenters. The van der Waals surface area contributed by atoms with Crippen LogP contribution in [0.5, 0.6) is 0 Å². The molecular formula is C61H60N2. The zero-order valence-electron chi connectivity index (χ0n) is 37.4. The number of hydrogen-bond acceptors (Lipinski definition) is 2. The van der Waals surface area contributed by atoms with Crippen LogP contribution in [-0.4, -0.2) is 0 Å². The third-order valence-corrected chi connectivity index (χ3v) is 15.8. The molecule has 4 bridgehead atoms. The van der Waals surface area contributed by atoms with Crippen LogP contribution in [-0.2, 0) is 22.7 Å². The highest BCUT2D eigenvalue weighted by molar-refractivity contribution is 5.86. The van der Waals surface area contributed by atoms with Crippen LogP contribution in [0.3, 0.4) is 0 Å². The van der Waals surface area contributed by atoms with Gasteiger partial charge in [-0.1, -0.05) is 137 Å². The molecule has 2 heteroatoms. The van der Waals surface area contributed by atoms with Gasteiger partial charge in [-0.3, -0.25) is 0 Å². The van der Waals surface area contributed by atoms with Crippen molar-refractivity contribution in [2.45, 2.75) is 94.8 Å². The van der Waals surface area contributed by atoms with Gasteiger partial charge in [0, 0.05) is 39.5 Å². The summed E-state index contributed by atoms with van der Waals surface area (Å²) >= 11 is 0. The van der Waals surface area contributed by atoms with Crippen LogP contribution in [0.25, 0.3) is 17.2 Å². The minimum atomic E-state index is -0.0782. The Kier molecular flexibility index (Phi) is 9.83. The molecule has 4 saturated carbocycles. The first-order valence-electron chi connectivity index (χ1n) is 23.7. The van der Waals surface area contributed by atoms with E-state index in [9.17, 15) is 0 Å². The summed E-state index contributed by atoms with van der Waals surface area (Å²) in [5.74, 6) is 1.61. The van der Waals surface area contributed by atoms with E-state index in [1.165, 1.54) is 107 Å². The summed E-state index contributed by atoms with van der Waals surface area (Å²) in [7, 11) is 0. The molecule has 0 heterocycles. The predicted octanol–water partition coefficient (Wildman–Crippen LogP) is 16.7. The molecule has 2 unspecified atom stereocenters. The SMILES string of the molecule is C=Cc1ccc(C23CC4CC(C2)CC(c2ccc(N(c5ccc(CCCC)cc5)c5ccc(N(c6ccccc6)c6ccc7c(c6)C(C)(C)c6ccccc6-7)cc5)cc2)(C4)C3)cc1. The Morgan fingerprint density at radius 3 is 1.59 bits per heavy atom. The van der Waals surface area contributed by atoms with Crippen molar-refractivity contribution in [2.75, 3.05) is 9.80 Å². The van der Waals surface area contributed by atoms with Crippen molar-refractivity contribution in [1.29, 1.82) is 0 Å². The van der Waals surface area contributed by atoms with Crippen molar-refractivity contribution >= 4 is 40.2 Å². The smallest absolute Gasteiger partial charge is 0.0465 e. The highest BCUT2D eigenvalue weighted by Crippen LogP contribution is 2.66. The van der Waals surface area contributed by atoms with Gasteiger partial charge in [-0.15, -0.1) is 0 Å². The average molecular weight is 821 g/mol. The van der Waals surface area contributed by atoms with E-state index < -0.39 is 0 Å². The van der Waals surface area contributed by atoms with Crippen molar-refractivity contribution in [2.24, 2.45) is 11.8 Å². The van der Waals surface area contributed by atoms with E-state index in [0.717, 1.165) is 35.3 Å². The van der Waals surface area contributed by atoms with Crippen LogP contribution in [0.1, 0.15) is 106 Å². The van der Waals surface area contributed by atoms with E-state index in [2.05, 4.69) is 207 Å². The first kappa shape index (κ1) is 39.7. The van der Waals surface area contributed by atoms with Crippen LogP contribution >= 0.6 is 0 Å². The zero-order valence-corrected chi connectivity index (χ0v) is 37.4. The van der Waals surface area contributed by atoms with Crippen LogP contribution in [0, 0.1) is 11.8 Å². The molecule has 314 valence electrons. The summed E-state index contributed by atoms with van der Waals surface area (Å²) in [4.78, 5) is 4.87. The third kappa shape index (κ3) is 6.85. The van der Waals surface area contributed by atoms with Crippen LogP contribution in [0.2, 0.25) is 0 Å². The molecule has 0 saturated heterocycles. The largest absolute Gasteiger partial charge is 0.311 e. The Labute approximate surface area is 376 Å². The maximum atomic E-state index is 4.02. The lowest BCUT2D eigenvalue weighted by atomic mass is 9.42. The Morgan fingerprint density at radius 2 is 1.00 bits per heavy atom. The minimum Gasteiger partial charge on any atom is -0.311 e. The molecule has 7 aromatic carbocycles. The Bertz CT molecular complexity index is 2750. The number of unbranched alkanes of at least 4 members (excludes halogenated alkanes) is 1. The second kappa shape index (κ2) is 15.6. The van der Waals surface area contributed by atoms with Crippen molar-refractivity contribution in [1.82, 2.24) is 0 Å². The Morgan fingerprint density at radius 1 is 0.524 bits per heavy atom. The van der Waals surface area contributed by atoms with E-state index in [1.54, 1.807) is 5.56 Å². The molecule has 0 aliphatic heterocycles. The second-order valence-corrected chi connectivity index (χ2v) is 20.1. The second-order valence-electron chi connectivity index (χ2n) is 20.1. The summed E-state index contributed by atoms with van der Waals surface area (Å²) in [6.45, 7) is 11.0. The predicted molar refractivity (Wildman–Crippen MR) is 267 cm³/mol. The fourth-order valence-electron chi connectivity index (χ4n) is 13.1. The van der Waals surface area contributed by atoms with Gasteiger partial charge in [0.05, 0.1) is 0 Å². The quantitative estimate of drug-likeness (QED) is 0.121. The molecule has 12 rings (SSSR count). The number of aryl methyl sites for hydroxylation is 1. The van der Waals surface area contributed by atoms with Gasteiger partial charge in [0.25, 0.3) is 0 Å². The van der Waals surface area contributed by atoms with Crippen molar-refractivity contribution < 1.29 is 0 Å². The number of benzene rings is 7. The van der Waals surface area contributed by atoms with Crippen molar-refractivity contribution in [3.05, 3.63) is 210 Å². The lowest BCUT2D eigenvalue weighted by Gasteiger charge is -2.63. The van der Waals surface area contributed by atoms with Gasteiger partial charge in [-0.05, 0) is 191 Å². The zero-order chi connectivity index (χ0) is 42.8. The molecule has 0 aromatic heterocycles.